The molecule has 0 atom stereocenters. The van der Waals surface area contributed by atoms with Crippen molar-refractivity contribution >= 4 is 80.2 Å². The first-order valence-electron chi connectivity index (χ1n) is 7.09. The van der Waals surface area contributed by atoms with Gasteiger partial charge in [0.2, 0.25) is 0 Å². The van der Waals surface area contributed by atoms with Gasteiger partial charge in [0.05, 0.1) is 22.6 Å². The van der Waals surface area contributed by atoms with Gasteiger partial charge in [-0.3, -0.25) is 30.0 Å². The molecule has 0 aliphatic carbocycles. The molecule has 4 amide bonds. The van der Waals surface area contributed by atoms with E-state index < -0.39 is 23.6 Å². The van der Waals surface area contributed by atoms with Crippen LogP contribution in [0.15, 0.2) is 24.3 Å². The van der Waals surface area contributed by atoms with Crippen LogP contribution in [-0.2, 0) is 9.59 Å². The lowest BCUT2D eigenvalue weighted by molar-refractivity contribution is -0.128. The molecule has 1 aromatic rings. The molecule has 0 aromatic heterocycles. The predicted molar refractivity (Wildman–Crippen MR) is 105 cm³/mol. The molecule has 12 heteroatoms. The minimum absolute atomic E-state index is 0.0192. The Hall–Kier alpha value is -2.02. The molecule has 2 N–H and O–H groups in total. The molecule has 3 rings (SSSR count). The molecule has 26 heavy (non-hydrogen) atoms. The van der Waals surface area contributed by atoms with Crippen molar-refractivity contribution in [3.05, 3.63) is 35.4 Å². The molecule has 0 bridgehead atoms. The number of nitrogens with zero attached hydrogens (tertiary/aromatic N) is 2. The minimum atomic E-state index is -0.733. The highest BCUT2D eigenvalue weighted by molar-refractivity contribution is 8.23. The molecule has 8 nitrogen and oxygen atoms in total. The number of nitrogens with one attached hydrogen (secondary N) is 2. The van der Waals surface area contributed by atoms with Gasteiger partial charge in [-0.2, -0.15) is 10.0 Å². The summed E-state index contributed by atoms with van der Waals surface area (Å²) in [4.78, 5) is 49.6. The zero-order valence-electron chi connectivity index (χ0n) is 12.9. The summed E-state index contributed by atoms with van der Waals surface area (Å²) in [5.41, 5.74) is 4.98. The van der Waals surface area contributed by atoms with Crippen LogP contribution in [-0.4, -0.2) is 53.8 Å². The number of benzene rings is 1. The van der Waals surface area contributed by atoms with E-state index in [0.29, 0.717) is 0 Å². The normalized spacial score (nSPS) is 17.7. The maximum atomic E-state index is 12.8. The van der Waals surface area contributed by atoms with Crippen molar-refractivity contribution in [3.8, 4) is 0 Å². The Morgan fingerprint density at radius 2 is 1.23 bits per heavy atom. The SMILES string of the molecule is O=C1CSC(=S)NN1C(=O)c1ccccc1C(=O)N1NC(=S)SCC1=O. The van der Waals surface area contributed by atoms with Crippen LogP contribution in [0.5, 0.6) is 0 Å². The van der Waals surface area contributed by atoms with Gasteiger partial charge in [0.1, 0.15) is 0 Å². The van der Waals surface area contributed by atoms with Crippen molar-refractivity contribution < 1.29 is 19.2 Å². The number of rotatable bonds is 2. The molecular weight excluding hydrogens is 416 g/mol. The summed E-state index contributed by atoms with van der Waals surface area (Å²) in [6.07, 6.45) is 0. The second kappa shape index (κ2) is 7.70. The fourth-order valence-electron chi connectivity index (χ4n) is 2.18. The van der Waals surface area contributed by atoms with E-state index in [-0.39, 0.29) is 31.3 Å². The van der Waals surface area contributed by atoms with Gasteiger partial charge < -0.3 is 0 Å². The molecule has 0 radical (unpaired) electrons. The Bertz CT molecular complexity index is 790. The highest BCUT2D eigenvalue weighted by atomic mass is 32.2. The number of carbonyl (C=O) groups is 4. The number of hydrazine groups is 2. The van der Waals surface area contributed by atoms with E-state index in [0.717, 1.165) is 33.5 Å². The van der Waals surface area contributed by atoms with Gasteiger partial charge in [0.15, 0.2) is 8.64 Å². The van der Waals surface area contributed by atoms with Crippen LogP contribution in [0.4, 0.5) is 0 Å². The molecular formula is C14H10N4O4S4. The third-order valence-electron chi connectivity index (χ3n) is 3.35. The Kier molecular flexibility index (Phi) is 5.55. The smallest absolute Gasteiger partial charge is 0.273 e. The van der Waals surface area contributed by atoms with Gasteiger partial charge in [-0.05, 0) is 12.1 Å². The Labute approximate surface area is 167 Å². The van der Waals surface area contributed by atoms with Crippen LogP contribution in [0, 0.1) is 0 Å². The maximum Gasteiger partial charge on any atom is 0.280 e. The van der Waals surface area contributed by atoms with E-state index in [1.165, 1.54) is 12.1 Å². The largest absolute Gasteiger partial charge is 0.280 e. The van der Waals surface area contributed by atoms with E-state index >= 15 is 0 Å². The number of amides is 4. The lowest BCUT2D eigenvalue weighted by atomic mass is 10.1. The van der Waals surface area contributed by atoms with Gasteiger partial charge in [-0.25, -0.2) is 0 Å². The molecule has 134 valence electrons. The van der Waals surface area contributed by atoms with Crippen LogP contribution in [0.2, 0.25) is 0 Å². The predicted octanol–water partition coefficient (Wildman–Crippen LogP) is 0.697. The zero-order valence-corrected chi connectivity index (χ0v) is 16.2. The van der Waals surface area contributed by atoms with Gasteiger partial charge in [0, 0.05) is 0 Å². The first kappa shape index (κ1) is 18.8. The summed E-state index contributed by atoms with van der Waals surface area (Å²) < 4.78 is 0.550. The number of hydrogen-bond donors (Lipinski definition) is 2. The van der Waals surface area contributed by atoms with Crippen molar-refractivity contribution in [3.63, 3.8) is 0 Å². The highest BCUT2D eigenvalue weighted by Gasteiger charge is 2.34. The molecule has 1 aromatic carbocycles. The summed E-state index contributed by atoms with van der Waals surface area (Å²) in [7, 11) is 0. The Morgan fingerprint density at radius 3 is 1.62 bits per heavy atom. The van der Waals surface area contributed by atoms with E-state index in [4.69, 9.17) is 24.4 Å². The Morgan fingerprint density at radius 1 is 0.846 bits per heavy atom. The minimum Gasteiger partial charge on any atom is -0.273 e. The fourth-order valence-corrected chi connectivity index (χ4v) is 3.80. The average molecular weight is 427 g/mol. The van der Waals surface area contributed by atoms with Crippen LogP contribution in [0.1, 0.15) is 20.7 Å². The standard InChI is InChI=1S/C14H10N4O4S4/c19-9-5-25-13(23)15-17(9)11(21)7-3-1-2-4-8(7)12(22)18-10(20)6-26-14(24)16-18/h1-4H,5-6H2,(H,15,23)(H,16,24). The molecule has 2 aliphatic rings. The molecule has 2 fully saturated rings. The van der Waals surface area contributed by atoms with E-state index in [1.54, 1.807) is 12.1 Å². The molecule has 0 unspecified atom stereocenters. The number of carbonyl (C=O) groups excluding carboxylic acids is 4. The van der Waals surface area contributed by atoms with Crippen LogP contribution in [0.25, 0.3) is 0 Å². The second-order valence-corrected chi connectivity index (χ2v) is 8.29. The molecule has 2 saturated heterocycles. The summed E-state index contributed by atoms with van der Waals surface area (Å²) in [5.74, 6) is -2.40. The van der Waals surface area contributed by atoms with Crippen molar-refractivity contribution in [1.82, 2.24) is 20.9 Å². The van der Waals surface area contributed by atoms with Crippen LogP contribution in [0.3, 0.4) is 0 Å². The van der Waals surface area contributed by atoms with E-state index in [1.807, 2.05) is 0 Å². The Balaban J connectivity index is 1.93. The summed E-state index contributed by atoms with van der Waals surface area (Å²) in [6, 6.07) is 5.91. The maximum absolute atomic E-state index is 12.8. The van der Waals surface area contributed by atoms with Gasteiger partial charge in [-0.1, -0.05) is 60.1 Å². The topological polar surface area (TPSA) is 98.8 Å². The zero-order chi connectivity index (χ0) is 18.8. The lowest BCUT2D eigenvalue weighted by Crippen LogP contribution is -2.54. The number of thiocarbonyl (C=S) groups is 2. The monoisotopic (exact) mass is 426 g/mol. The van der Waals surface area contributed by atoms with Gasteiger partial charge >= 0.3 is 0 Å². The number of thioether (sulfide) groups is 2. The summed E-state index contributed by atoms with van der Waals surface area (Å²) in [6.45, 7) is 0. The fraction of sp³-hybridized carbons (Fsp3) is 0.143. The van der Waals surface area contributed by atoms with E-state index in [2.05, 4.69) is 10.9 Å². The van der Waals surface area contributed by atoms with Crippen molar-refractivity contribution in [2.75, 3.05) is 11.5 Å². The third-order valence-corrected chi connectivity index (χ3v) is 5.73. The molecule has 2 aliphatic heterocycles. The van der Waals surface area contributed by atoms with Gasteiger partial charge in [0.25, 0.3) is 23.6 Å². The third kappa shape index (κ3) is 3.72. The quantitative estimate of drug-likeness (QED) is 0.519. The molecule has 0 spiro atoms. The first-order chi connectivity index (χ1) is 12.4. The van der Waals surface area contributed by atoms with Crippen LogP contribution >= 0.6 is 48.0 Å². The van der Waals surface area contributed by atoms with Crippen LogP contribution < -0.4 is 10.9 Å². The molecule has 2 heterocycles. The first-order valence-corrected chi connectivity index (χ1v) is 9.87. The average Bonchev–Trinajstić information content (AvgIpc) is 2.64. The van der Waals surface area contributed by atoms with E-state index in [9.17, 15) is 19.2 Å². The lowest BCUT2D eigenvalue weighted by Gasteiger charge is -2.29. The number of hydrogen-bond acceptors (Lipinski definition) is 8. The number of imide groups is 2. The second-order valence-electron chi connectivity index (χ2n) is 4.99. The van der Waals surface area contributed by atoms with Crippen molar-refractivity contribution in [2.45, 2.75) is 0 Å². The van der Waals surface area contributed by atoms with Crippen molar-refractivity contribution in [1.29, 1.82) is 0 Å². The summed E-state index contributed by atoms with van der Waals surface area (Å²) in [5, 5.41) is 1.55. The summed E-state index contributed by atoms with van der Waals surface area (Å²) >= 11 is 12.2. The highest BCUT2D eigenvalue weighted by Crippen LogP contribution is 2.19. The van der Waals surface area contributed by atoms with Crippen molar-refractivity contribution in [2.24, 2.45) is 0 Å². The van der Waals surface area contributed by atoms with Gasteiger partial charge in [-0.15, -0.1) is 0 Å². The molecule has 0 saturated carbocycles.